The number of imide groups is 1. The van der Waals surface area contributed by atoms with E-state index in [0.29, 0.717) is 19.4 Å². The number of hydrogen-bond acceptors (Lipinski definition) is 7. The van der Waals surface area contributed by atoms with Gasteiger partial charge in [-0.05, 0) is 38.3 Å². The number of carbonyl (C=O) groups excluding carboxylic acids is 2. The van der Waals surface area contributed by atoms with Crippen LogP contribution in [0.1, 0.15) is 32.1 Å². The number of hydrogen-bond donors (Lipinski definition) is 5. The second kappa shape index (κ2) is 8.30. The molecule has 2 amide bonds. The lowest BCUT2D eigenvalue weighted by Crippen LogP contribution is -2.58. The molecule has 5 unspecified atom stereocenters. The number of aliphatic hydroxyl groups is 2. The summed E-state index contributed by atoms with van der Waals surface area (Å²) in [6.07, 6.45) is 7.16. The van der Waals surface area contributed by atoms with E-state index in [4.69, 9.17) is 5.73 Å². The third-order valence-corrected chi connectivity index (χ3v) is 5.32. The molecule has 0 aromatic rings. The predicted molar refractivity (Wildman–Crippen MR) is 95.1 cm³/mol. The van der Waals surface area contributed by atoms with Crippen molar-refractivity contribution in [3.8, 4) is 0 Å². The zero-order chi connectivity index (χ0) is 18.7. The van der Waals surface area contributed by atoms with E-state index < -0.39 is 30.3 Å². The third kappa shape index (κ3) is 3.68. The number of aliphatic hydroxyl groups excluding tert-OH is 2. The summed E-state index contributed by atoms with van der Waals surface area (Å²) >= 11 is 0. The van der Waals surface area contributed by atoms with Crippen LogP contribution in [-0.4, -0.2) is 58.5 Å². The van der Waals surface area contributed by atoms with Crippen LogP contribution in [0.5, 0.6) is 0 Å². The van der Waals surface area contributed by atoms with Gasteiger partial charge in [0.1, 0.15) is 12.5 Å². The molecule has 3 aliphatic rings. The SMILES string of the molecule is NCCCCCNC1=CC=CC2C(=O)N(C3CCC(O)NC3O)C(=O)C12. The molecule has 0 aromatic carbocycles. The van der Waals surface area contributed by atoms with Crippen molar-refractivity contribution in [2.24, 2.45) is 17.6 Å². The van der Waals surface area contributed by atoms with Gasteiger partial charge < -0.3 is 21.3 Å². The normalized spacial score (nSPS) is 34.0. The first-order valence-corrected chi connectivity index (χ1v) is 9.36. The number of unbranched alkanes of at least 4 members (excludes halogenated alkanes) is 2. The summed E-state index contributed by atoms with van der Waals surface area (Å²) in [4.78, 5) is 27.0. The van der Waals surface area contributed by atoms with Crippen LogP contribution < -0.4 is 16.4 Å². The number of nitrogens with one attached hydrogen (secondary N) is 2. The van der Waals surface area contributed by atoms with Crippen molar-refractivity contribution in [1.82, 2.24) is 15.5 Å². The highest BCUT2D eigenvalue weighted by Gasteiger charge is 2.52. The number of allylic oxidation sites excluding steroid dienone is 2. The Kier molecular flexibility index (Phi) is 6.08. The first-order chi connectivity index (χ1) is 12.5. The zero-order valence-electron chi connectivity index (χ0n) is 14.8. The Hall–Kier alpha value is -1.74. The summed E-state index contributed by atoms with van der Waals surface area (Å²) in [5.74, 6) is -1.65. The molecule has 8 nitrogen and oxygen atoms in total. The van der Waals surface area contributed by atoms with Crippen LogP contribution in [0.3, 0.4) is 0 Å². The number of nitrogens with two attached hydrogens (primary N) is 1. The molecule has 8 heteroatoms. The third-order valence-electron chi connectivity index (χ3n) is 5.32. The fourth-order valence-corrected chi connectivity index (χ4v) is 3.94. The molecule has 3 rings (SSSR count). The maximum absolute atomic E-state index is 13.0. The van der Waals surface area contributed by atoms with Crippen molar-refractivity contribution in [3.63, 3.8) is 0 Å². The monoisotopic (exact) mass is 364 g/mol. The number of likely N-dealkylation sites (tertiary alicyclic amines) is 1. The minimum Gasteiger partial charge on any atom is -0.388 e. The summed E-state index contributed by atoms with van der Waals surface area (Å²) < 4.78 is 0. The fraction of sp³-hybridized carbons (Fsp3) is 0.667. The maximum Gasteiger partial charge on any atom is 0.239 e. The van der Waals surface area contributed by atoms with Crippen molar-refractivity contribution in [3.05, 3.63) is 23.9 Å². The van der Waals surface area contributed by atoms with Gasteiger partial charge in [0.25, 0.3) is 0 Å². The van der Waals surface area contributed by atoms with Crippen molar-refractivity contribution >= 4 is 11.8 Å². The Balaban J connectivity index is 1.68. The van der Waals surface area contributed by atoms with Crippen molar-refractivity contribution < 1.29 is 19.8 Å². The van der Waals surface area contributed by atoms with Crippen molar-refractivity contribution in [2.45, 2.75) is 50.6 Å². The highest BCUT2D eigenvalue weighted by atomic mass is 16.3. The number of carbonyl (C=O) groups is 2. The number of amides is 2. The summed E-state index contributed by atoms with van der Waals surface area (Å²) in [7, 11) is 0. The Morgan fingerprint density at radius 2 is 2.00 bits per heavy atom. The van der Waals surface area contributed by atoms with E-state index in [0.717, 1.165) is 31.5 Å². The van der Waals surface area contributed by atoms with E-state index >= 15 is 0 Å². The molecule has 2 saturated heterocycles. The second-order valence-electron chi connectivity index (χ2n) is 7.10. The standard InChI is InChI=1S/C18H28N4O4/c19-9-2-1-3-10-20-12-6-4-5-11-15(12)18(26)22(17(11)25)13-7-8-14(23)21-16(13)24/h4-6,11,13-16,20-21,23-24H,1-3,7-10,19H2. The smallest absolute Gasteiger partial charge is 0.239 e. The van der Waals surface area contributed by atoms with E-state index in [1.807, 2.05) is 6.08 Å². The average Bonchev–Trinajstić information content (AvgIpc) is 2.87. The molecule has 6 N–H and O–H groups in total. The largest absolute Gasteiger partial charge is 0.388 e. The van der Waals surface area contributed by atoms with E-state index in [2.05, 4.69) is 10.6 Å². The van der Waals surface area contributed by atoms with Gasteiger partial charge in [-0.25, -0.2) is 0 Å². The van der Waals surface area contributed by atoms with Gasteiger partial charge in [-0.15, -0.1) is 0 Å². The highest BCUT2D eigenvalue weighted by molar-refractivity contribution is 6.08. The quantitative estimate of drug-likeness (QED) is 0.294. The number of nitrogens with zero attached hydrogens (tertiary/aromatic N) is 1. The second-order valence-corrected chi connectivity index (χ2v) is 7.10. The fourth-order valence-electron chi connectivity index (χ4n) is 3.94. The molecular formula is C18H28N4O4. The molecule has 5 atom stereocenters. The van der Waals surface area contributed by atoms with Gasteiger partial charge in [0, 0.05) is 12.2 Å². The first kappa shape index (κ1) is 19.0. The van der Waals surface area contributed by atoms with E-state index in [1.165, 1.54) is 4.90 Å². The van der Waals surface area contributed by atoms with Crippen LogP contribution in [0.25, 0.3) is 0 Å². The molecular weight excluding hydrogens is 336 g/mol. The molecule has 0 radical (unpaired) electrons. The Bertz CT molecular complexity index is 606. The highest BCUT2D eigenvalue weighted by Crippen LogP contribution is 2.37. The Morgan fingerprint density at radius 1 is 1.19 bits per heavy atom. The van der Waals surface area contributed by atoms with Gasteiger partial charge in [-0.2, -0.15) is 0 Å². The molecule has 2 aliphatic heterocycles. The first-order valence-electron chi connectivity index (χ1n) is 9.36. The molecule has 1 aliphatic carbocycles. The maximum atomic E-state index is 13.0. The molecule has 2 heterocycles. The van der Waals surface area contributed by atoms with Gasteiger partial charge in [0.15, 0.2) is 0 Å². The van der Waals surface area contributed by atoms with Crippen LogP contribution in [0.4, 0.5) is 0 Å². The molecule has 0 saturated carbocycles. The van der Waals surface area contributed by atoms with Gasteiger partial charge in [0.2, 0.25) is 11.8 Å². The lowest BCUT2D eigenvalue weighted by molar-refractivity contribution is -0.149. The van der Waals surface area contributed by atoms with Crippen LogP contribution in [-0.2, 0) is 9.59 Å². The van der Waals surface area contributed by atoms with Gasteiger partial charge in [-0.1, -0.05) is 18.6 Å². The minimum absolute atomic E-state index is 0.283. The molecule has 26 heavy (non-hydrogen) atoms. The predicted octanol–water partition coefficient (Wildman–Crippen LogP) is -0.851. The summed E-state index contributed by atoms with van der Waals surface area (Å²) in [6.45, 7) is 1.40. The molecule has 0 bridgehead atoms. The lowest BCUT2D eigenvalue weighted by atomic mass is 9.88. The molecule has 0 aromatic heterocycles. The Morgan fingerprint density at radius 3 is 2.73 bits per heavy atom. The van der Waals surface area contributed by atoms with E-state index in [9.17, 15) is 19.8 Å². The molecule has 0 spiro atoms. The van der Waals surface area contributed by atoms with Gasteiger partial charge >= 0.3 is 0 Å². The average molecular weight is 364 g/mol. The number of rotatable bonds is 7. The molecule has 144 valence electrons. The van der Waals surface area contributed by atoms with E-state index in [1.54, 1.807) is 12.2 Å². The van der Waals surface area contributed by atoms with Gasteiger partial charge in [0.05, 0.1) is 17.9 Å². The number of fused-ring (bicyclic) bond motifs is 1. The van der Waals surface area contributed by atoms with Crippen LogP contribution >= 0.6 is 0 Å². The van der Waals surface area contributed by atoms with Crippen LogP contribution in [0.15, 0.2) is 23.9 Å². The zero-order valence-corrected chi connectivity index (χ0v) is 14.8. The molecule has 2 fully saturated rings. The van der Waals surface area contributed by atoms with Crippen LogP contribution in [0.2, 0.25) is 0 Å². The summed E-state index contributed by atoms with van der Waals surface area (Å²) in [6, 6.07) is -0.650. The Labute approximate surface area is 153 Å². The van der Waals surface area contributed by atoms with E-state index in [-0.39, 0.29) is 11.8 Å². The van der Waals surface area contributed by atoms with Gasteiger partial charge in [-0.3, -0.25) is 19.8 Å². The summed E-state index contributed by atoms with van der Waals surface area (Å²) in [5, 5.41) is 25.7. The van der Waals surface area contributed by atoms with Crippen LogP contribution in [0, 0.1) is 11.8 Å². The van der Waals surface area contributed by atoms with Crippen molar-refractivity contribution in [1.29, 1.82) is 0 Å². The summed E-state index contributed by atoms with van der Waals surface area (Å²) in [5.41, 5.74) is 6.25. The number of piperidine rings is 1. The lowest BCUT2D eigenvalue weighted by Gasteiger charge is -2.36. The topological polar surface area (TPSA) is 128 Å². The van der Waals surface area contributed by atoms with Crippen molar-refractivity contribution in [2.75, 3.05) is 13.1 Å². The minimum atomic E-state index is -1.12.